The van der Waals surface area contributed by atoms with Gasteiger partial charge < -0.3 is 9.84 Å². The number of hydrogen-bond acceptors (Lipinski definition) is 2. The molecule has 100 valence electrons. The number of benzene rings is 1. The maximum Gasteiger partial charge on any atom is 0.149 e. The molecule has 18 heavy (non-hydrogen) atoms. The van der Waals surface area contributed by atoms with Crippen molar-refractivity contribution in [1.29, 1.82) is 0 Å². The highest BCUT2D eigenvalue weighted by atomic mass is 79.9. The molecule has 2 unspecified atom stereocenters. The van der Waals surface area contributed by atoms with Gasteiger partial charge in [-0.25, -0.2) is 4.39 Å². The Kier molecular flexibility index (Phi) is 4.32. The smallest absolute Gasteiger partial charge is 0.149 e. The largest absolute Gasteiger partial charge is 0.382 e. The Hall–Kier alpha value is -0.160. The van der Waals surface area contributed by atoms with Gasteiger partial charge in [-0.1, -0.05) is 30.5 Å². The number of halogens is 3. The fraction of sp³-hybridized carbons (Fsp3) is 0.538. The van der Waals surface area contributed by atoms with E-state index in [0.29, 0.717) is 10.9 Å². The van der Waals surface area contributed by atoms with Crippen LogP contribution in [-0.2, 0) is 10.3 Å². The molecule has 0 saturated heterocycles. The van der Waals surface area contributed by atoms with E-state index < -0.39 is 17.5 Å². The molecule has 0 heterocycles. The van der Waals surface area contributed by atoms with Crippen LogP contribution >= 0.6 is 27.5 Å². The van der Waals surface area contributed by atoms with Gasteiger partial charge in [-0.15, -0.1) is 0 Å². The molecule has 1 aromatic rings. The Labute approximate surface area is 119 Å². The van der Waals surface area contributed by atoms with Crippen LogP contribution in [0, 0.1) is 5.82 Å². The number of rotatable bonds is 2. The number of methoxy groups -OCH3 is 1. The fourth-order valence-electron chi connectivity index (χ4n) is 2.61. The molecule has 1 aromatic carbocycles. The zero-order valence-corrected chi connectivity index (χ0v) is 12.4. The lowest BCUT2D eigenvalue weighted by Gasteiger charge is -2.39. The minimum absolute atomic E-state index is 0.00125. The minimum Gasteiger partial charge on any atom is -0.382 e. The summed E-state index contributed by atoms with van der Waals surface area (Å²) in [5.74, 6) is -0.572. The van der Waals surface area contributed by atoms with Crippen LogP contribution in [0.1, 0.15) is 31.2 Å². The predicted octanol–water partition coefficient (Wildman–Crippen LogP) is 4.02. The Balaban J connectivity index is 2.48. The maximum atomic E-state index is 14.2. The van der Waals surface area contributed by atoms with Gasteiger partial charge in [0.2, 0.25) is 0 Å². The topological polar surface area (TPSA) is 29.5 Å². The van der Waals surface area contributed by atoms with E-state index in [1.165, 1.54) is 0 Å². The molecule has 5 heteroatoms. The molecule has 1 saturated carbocycles. The highest BCUT2D eigenvalue weighted by Gasteiger charge is 2.43. The standard InChI is InChI=1S/C13H15BrClFO2/c1-18-10-4-2-3-7-13(10,17)8-5-6-9(14)11(15)12(8)16/h5-6,10,17H,2-4,7H2,1H3. The van der Waals surface area contributed by atoms with Crippen molar-refractivity contribution in [3.63, 3.8) is 0 Å². The molecule has 1 aliphatic rings. The Bertz CT molecular complexity index is 455. The first-order chi connectivity index (χ1) is 8.50. The quantitative estimate of drug-likeness (QED) is 0.826. The summed E-state index contributed by atoms with van der Waals surface area (Å²) in [6.45, 7) is 0. The molecule has 0 spiro atoms. The van der Waals surface area contributed by atoms with Gasteiger partial charge in [0.15, 0.2) is 0 Å². The van der Waals surface area contributed by atoms with Crippen LogP contribution in [0.2, 0.25) is 5.02 Å². The summed E-state index contributed by atoms with van der Waals surface area (Å²) in [5.41, 5.74) is -1.07. The van der Waals surface area contributed by atoms with E-state index in [1.807, 2.05) is 0 Å². The molecule has 1 fully saturated rings. The van der Waals surface area contributed by atoms with Crippen LogP contribution in [0.25, 0.3) is 0 Å². The Morgan fingerprint density at radius 3 is 2.89 bits per heavy atom. The van der Waals surface area contributed by atoms with Gasteiger partial charge in [0.05, 0.1) is 11.1 Å². The molecule has 0 amide bonds. The van der Waals surface area contributed by atoms with Crippen molar-refractivity contribution < 1.29 is 14.2 Å². The van der Waals surface area contributed by atoms with Gasteiger partial charge in [-0.3, -0.25) is 0 Å². The highest BCUT2D eigenvalue weighted by Crippen LogP contribution is 2.42. The van der Waals surface area contributed by atoms with E-state index in [4.69, 9.17) is 16.3 Å². The third-order valence-corrected chi connectivity index (χ3v) is 4.85. The first-order valence-corrected chi connectivity index (χ1v) is 7.07. The molecule has 0 bridgehead atoms. The number of hydrogen-bond donors (Lipinski definition) is 1. The van der Waals surface area contributed by atoms with Gasteiger partial charge in [0.1, 0.15) is 11.4 Å². The predicted molar refractivity (Wildman–Crippen MR) is 72.3 cm³/mol. The van der Waals surface area contributed by atoms with Crippen molar-refractivity contribution in [1.82, 2.24) is 0 Å². The normalized spacial score (nSPS) is 28.4. The molecule has 2 atom stereocenters. The molecule has 2 nitrogen and oxygen atoms in total. The van der Waals surface area contributed by atoms with Gasteiger partial charge in [-0.2, -0.15) is 0 Å². The monoisotopic (exact) mass is 336 g/mol. The fourth-order valence-corrected chi connectivity index (χ4v) is 3.08. The second-order valence-electron chi connectivity index (χ2n) is 4.62. The summed E-state index contributed by atoms with van der Waals surface area (Å²) >= 11 is 9.05. The first kappa shape index (κ1) is 14.3. The second-order valence-corrected chi connectivity index (χ2v) is 5.85. The van der Waals surface area contributed by atoms with E-state index >= 15 is 0 Å². The van der Waals surface area contributed by atoms with Crippen LogP contribution in [0.15, 0.2) is 16.6 Å². The van der Waals surface area contributed by atoms with E-state index in [-0.39, 0.29) is 10.6 Å². The van der Waals surface area contributed by atoms with Crippen molar-refractivity contribution >= 4 is 27.5 Å². The SMILES string of the molecule is COC1CCCCC1(O)c1ccc(Br)c(Cl)c1F. The first-order valence-electron chi connectivity index (χ1n) is 5.90. The average molecular weight is 338 g/mol. The van der Waals surface area contributed by atoms with Gasteiger partial charge >= 0.3 is 0 Å². The van der Waals surface area contributed by atoms with Crippen LogP contribution < -0.4 is 0 Å². The van der Waals surface area contributed by atoms with Crippen molar-refractivity contribution in [2.45, 2.75) is 37.4 Å². The molecule has 0 aliphatic heterocycles. The lowest BCUT2D eigenvalue weighted by atomic mass is 9.77. The highest BCUT2D eigenvalue weighted by molar-refractivity contribution is 9.10. The van der Waals surface area contributed by atoms with Crippen LogP contribution in [0.5, 0.6) is 0 Å². The molecular formula is C13H15BrClFO2. The van der Waals surface area contributed by atoms with Gasteiger partial charge in [0.25, 0.3) is 0 Å². The summed E-state index contributed by atoms with van der Waals surface area (Å²) in [4.78, 5) is 0. The second kappa shape index (κ2) is 5.45. The molecule has 2 rings (SSSR count). The van der Waals surface area contributed by atoms with Crippen LogP contribution in [0.4, 0.5) is 4.39 Å². The van der Waals surface area contributed by atoms with E-state index in [0.717, 1.165) is 19.3 Å². The Morgan fingerprint density at radius 2 is 2.22 bits per heavy atom. The third kappa shape index (κ3) is 2.31. The summed E-state index contributed by atoms with van der Waals surface area (Å²) in [7, 11) is 1.54. The van der Waals surface area contributed by atoms with E-state index in [9.17, 15) is 9.50 Å². The third-order valence-electron chi connectivity index (χ3n) is 3.59. The zero-order valence-electron chi connectivity index (χ0n) is 10.0. The molecule has 0 radical (unpaired) electrons. The summed E-state index contributed by atoms with van der Waals surface area (Å²) in [6, 6.07) is 3.22. The molecule has 1 N–H and O–H groups in total. The summed E-state index contributed by atoms with van der Waals surface area (Å²) in [6.07, 6.45) is 2.65. The van der Waals surface area contributed by atoms with E-state index in [2.05, 4.69) is 15.9 Å². The van der Waals surface area contributed by atoms with Crippen molar-refractivity contribution in [2.75, 3.05) is 7.11 Å². The average Bonchev–Trinajstić information content (AvgIpc) is 2.36. The lowest BCUT2D eigenvalue weighted by molar-refractivity contribution is -0.124. The van der Waals surface area contributed by atoms with Crippen molar-refractivity contribution in [3.8, 4) is 0 Å². The summed E-state index contributed by atoms with van der Waals surface area (Å²) in [5, 5.41) is 10.8. The van der Waals surface area contributed by atoms with Gasteiger partial charge in [0, 0.05) is 17.1 Å². The minimum atomic E-state index is -1.29. The van der Waals surface area contributed by atoms with E-state index in [1.54, 1.807) is 19.2 Å². The van der Waals surface area contributed by atoms with Crippen molar-refractivity contribution in [3.05, 3.63) is 33.0 Å². The number of aliphatic hydroxyl groups is 1. The molecular weight excluding hydrogens is 322 g/mol. The zero-order chi connectivity index (χ0) is 13.3. The lowest BCUT2D eigenvalue weighted by Crippen LogP contribution is -2.44. The maximum absolute atomic E-state index is 14.2. The van der Waals surface area contributed by atoms with Crippen LogP contribution in [0.3, 0.4) is 0 Å². The van der Waals surface area contributed by atoms with Crippen molar-refractivity contribution in [2.24, 2.45) is 0 Å². The summed E-state index contributed by atoms with van der Waals surface area (Å²) < 4.78 is 20.0. The van der Waals surface area contributed by atoms with Gasteiger partial charge in [-0.05, 0) is 34.8 Å². The molecule has 1 aliphatic carbocycles. The van der Waals surface area contributed by atoms with Crippen LogP contribution in [-0.4, -0.2) is 18.3 Å². The Morgan fingerprint density at radius 1 is 1.50 bits per heavy atom. The molecule has 0 aromatic heterocycles. The number of ether oxygens (including phenoxy) is 1.